The topological polar surface area (TPSA) is 128 Å². The Bertz CT molecular complexity index is 1030. The van der Waals surface area contributed by atoms with Crippen molar-refractivity contribution in [2.75, 3.05) is 39.6 Å². The van der Waals surface area contributed by atoms with E-state index in [1.807, 2.05) is 20.8 Å². The molecule has 0 saturated carbocycles. The number of fused-ring (bicyclic) bond motifs is 1. The Hall–Kier alpha value is -2.95. The van der Waals surface area contributed by atoms with Gasteiger partial charge in [0, 0.05) is 19.4 Å². The zero-order valence-corrected chi connectivity index (χ0v) is 21.8. The molecule has 3 rings (SSSR count). The minimum Gasteiger partial charge on any atom is -0.379 e. The molecule has 4 amide bonds. The lowest BCUT2D eigenvalue weighted by Gasteiger charge is -2.27. The number of benzene rings is 1. The quantitative estimate of drug-likeness (QED) is 0.294. The van der Waals surface area contributed by atoms with Crippen molar-refractivity contribution in [3.8, 4) is 0 Å². The molecule has 1 atom stereocenters. The molecule has 1 aromatic rings. The molecule has 0 bridgehead atoms. The number of ketones is 1. The first-order chi connectivity index (χ1) is 17.6. The molecule has 1 unspecified atom stereocenters. The monoisotopic (exact) mass is 516 g/mol. The Morgan fingerprint density at radius 2 is 1.65 bits per heavy atom. The summed E-state index contributed by atoms with van der Waals surface area (Å²) < 4.78 is 16.4. The maximum Gasteiger partial charge on any atom is 0.262 e. The van der Waals surface area contributed by atoms with Gasteiger partial charge < -0.3 is 14.2 Å². The van der Waals surface area contributed by atoms with Crippen molar-refractivity contribution in [3.05, 3.63) is 34.9 Å². The van der Waals surface area contributed by atoms with Crippen molar-refractivity contribution >= 4 is 29.4 Å². The number of hydrogen-bond donors (Lipinski definition) is 1. The number of carbonyl (C=O) groups excluding carboxylic acids is 5. The van der Waals surface area contributed by atoms with Crippen LogP contribution in [0.25, 0.3) is 0 Å². The molecular formula is C27H36N2O8. The van der Waals surface area contributed by atoms with Crippen LogP contribution in [0.4, 0.5) is 0 Å². The first kappa shape index (κ1) is 28.6. The number of nitrogens with one attached hydrogen (secondary N) is 1. The van der Waals surface area contributed by atoms with Gasteiger partial charge in [0.1, 0.15) is 12.6 Å². The molecule has 37 heavy (non-hydrogen) atoms. The van der Waals surface area contributed by atoms with Crippen molar-refractivity contribution in [1.82, 2.24) is 10.2 Å². The standard InChI is InChI=1S/C27H36N2O8/c1-27(2,3)16-19(30)17-37-15-14-36-13-12-35-11-5-7-18-6-4-8-20-23(18)26(34)29(25(20)33)21-9-10-22(31)28-24(21)32/h4,6,8,21H,5,7,9-17H2,1-3H3,(H,28,31,32). The first-order valence-electron chi connectivity index (χ1n) is 12.7. The highest BCUT2D eigenvalue weighted by molar-refractivity contribution is 6.24. The second kappa shape index (κ2) is 13.0. The van der Waals surface area contributed by atoms with E-state index in [-0.39, 0.29) is 36.2 Å². The average molecular weight is 517 g/mol. The molecule has 0 aliphatic carbocycles. The summed E-state index contributed by atoms with van der Waals surface area (Å²) in [5.41, 5.74) is 1.28. The Morgan fingerprint density at radius 1 is 0.973 bits per heavy atom. The highest BCUT2D eigenvalue weighted by Gasteiger charge is 2.45. The number of piperidine rings is 1. The Morgan fingerprint density at radius 3 is 2.32 bits per heavy atom. The zero-order chi connectivity index (χ0) is 27.0. The van der Waals surface area contributed by atoms with Crippen LogP contribution in [-0.2, 0) is 35.0 Å². The van der Waals surface area contributed by atoms with Crippen LogP contribution in [-0.4, -0.2) is 80.0 Å². The maximum absolute atomic E-state index is 13.1. The number of hydrogen-bond acceptors (Lipinski definition) is 8. The van der Waals surface area contributed by atoms with E-state index < -0.39 is 29.7 Å². The first-order valence-corrected chi connectivity index (χ1v) is 12.7. The van der Waals surface area contributed by atoms with Gasteiger partial charge >= 0.3 is 0 Å². The van der Waals surface area contributed by atoms with Gasteiger partial charge in [-0.1, -0.05) is 32.9 Å². The van der Waals surface area contributed by atoms with Crippen LogP contribution >= 0.6 is 0 Å². The lowest BCUT2D eigenvalue weighted by molar-refractivity contribution is -0.136. The fourth-order valence-electron chi connectivity index (χ4n) is 4.43. The van der Waals surface area contributed by atoms with Crippen LogP contribution in [0.1, 0.15) is 72.7 Å². The van der Waals surface area contributed by atoms with E-state index in [1.165, 1.54) is 0 Å². The number of nitrogens with zero attached hydrogens (tertiary/aromatic N) is 1. The molecule has 2 heterocycles. The summed E-state index contributed by atoms with van der Waals surface area (Å²) in [7, 11) is 0. The van der Waals surface area contributed by atoms with Gasteiger partial charge in [-0.25, -0.2) is 0 Å². The van der Waals surface area contributed by atoms with Gasteiger partial charge in [0.15, 0.2) is 5.78 Å². The van der Waals surface area contributed by atoms with Crippen molar-refractivity contribution in [2.45, 2.75) is 58.9 Å². The molecule has 202 valence electrons. The van der Waals surface area contributed by atoms with Gasteiger partial charge in [0.05, 0.1) is 37.6 Å². The molecule has 1 aromatic carbocycles. The summed E-state index contributed by atoms with van der Waals surface area (Å²) in [6, 6.07) is 4.13. The second-order valence-electron chi connectivity index (χ2n) is 10.4. The number of rotatable bonds is 14. The largest absolute Gasteiger partial charge is 0.379 e. The molecule has 2 aliphatic rings. The number of imide groups is 2. The van der Waals surface area contributed by atoms with Crippen LogP contribution in [0.3, 0.4) is 0 Å². The minimum absolute atomic E-state index is 0.0437. The van der Waals surface area contributed by atoms with E-state index in [2.05, 4.69) is 5.32 Å². The third-order valence-electron chi connectivity index (χ3n) is 6.02. The van der Waals surface area contributed by atoms with Crippen LogP contribution in [0, 0.1) is 5.41 Å². The van der Waals surface area contributed by atoms with Crippen molar-refractivity contribution in [2.24, 2.45) is 5.41 Å². The van der Waals surface area contributed by atoms with Gasteiger partial charge in [0.2, 0.25) is 11.8 Å². The fourth-order valence-corrected chi connectivity index (χ4v) is 4.43. The van der Waals surface area contributed by atoms with Crippen LogP contribution in [0.2, 0.25) is 0 Å². The smallest absolute Gasteiger partial charge is 0.262 e. The summed E-state index contributed by atoms with van der Waals surface area (Å²) in [6.45, 7) is 8.10. The number of amides is 4. The molecule has 1 N–H and O–H groups in total. The Labute approximate surface area is 217 Å². The SMILES string of the molecule is CC(C)(C)CC(=O)COCCOCCOCCCc1cccc2c1C(=O)N(C1CCC(=O)NC1=O)C2=O. The van der Waals surface area contributed by atoms with E-state index in [0.29, 0.717) is 57.9 Å². The number of Topliss-reactive ketones (excluding diaryl/α,β-unsaturated/α-hetero) is 1. The molecule has 1 saturated heterocycles. The summed E-state index contributed by atoms with van der Waals surface area (Å²) in [4.78, 5) is 62.4. The van der Waals surface area contributed by atoms with E-state index in [9.17, 15) is 24.0 Å². The van der Waals surface area contributed by atoms with Crippen molar-refractivity contribution in [1.29, 1.82) is 0 Å². The van der Waals surface area contributed by atoms with E-state index >= 15 is 0 Å². The van der Waals surface area contributed by atoms with E-state index in [0.717, 1.165) is 10.5 Å². The van der Waals surface area contributed by atoms with Crippen LogP contribution in [0.5, 0.6) is 0 Å². The van der Waals surface area contributed by atoms with Crippen molar-refractivity contribution in [3.63, 3.8) is 0 Å². The molecular weight excluding hydrogens is 480 g/mol. The van der Waals surface area contributed by atoms with E-state index in [4.69, 9.17) is 14.2 Å². The third kappa shape index (κ3) is 8.02. The van der Waals surface area contributed by atoms with Gasteiger partial charge in [0.25, 0.3) is 11.8 Å². The zero-order valence-electron chi connectivity index (χ0n) is 21.8. The summed E-state index contributed by atoms with van der Waals surface area (Å²) in [5.74, 6) is -1.95. The highest BCUT2D eigenvalue weighted by Crippen LogP contribution is 2.30. The lowest BCUT2D eigenvalue weighted by atomic mass is 9.90. The third-order valence-corrected chi connectivity index (χ3v) is 6.02. The van der Waals surface area contributed by atoms with Gasteiger partial charge in [-0.2, -0.15) is 0 Å². The molecule has 0 radical (unpaired) electrons. The average Bonchev–Trinajstić information content (AvgIpc) is 3.07. The van der Waals surface area contributed by atoms with Crippen LogP contribution < -0.4 is 5.32 Å². The molecule has 1 fully saturated rings. The van der Waals surface area contributed by atoms with Crippen molar-refractivity contribution < 1.29 is 38.2 Å². The number of ether oxygens (including phenoxy) is 3. The molecule has 0 aromatic heterocycles. The Balaban J connectivity index is 1.34. The molecule has 10 nitrogen and oxygen atoms in total. The minimum atomic E-state index is -0.976. The van der Waals surface area contributed by atoms with Gasteiger partial charge in [-0.05, 0) is 36.3 Å². The lowest BCUT2D eigenvalue weighted by Crippen LogP contribution is -2.54. The predicted octanol–water partition coefficient (Wildman–Crippen LogP) is 2.08. The summed E-state index contributed by atoms with van der Waals surface area (Å²) >= 11 is 0. The normalized spacial score (nSPS) is 17.8. The van der Waals surface area contributed by atoms with Gasteiger partial charge in [-0.3, -0.25) is 34.2 Å². The molecule has 0 spiro atoms. The second-order valence-corrected chi connectivity index (χ2v) is 10.4. The fraction of sp³-hybridized carbons (Fsp3) is 0.593. The number of aryl methyl sites for hydroxylation is 1. The molecule has 10 heteroatoms. The Kier molecular flexibility index (Phi) is 10.1. The van der Waals surface area contributed by atoms with Crippen LogP contribution in [0.15, 0.2) is 18.2 Å². The highest BCUT2D eigenvalue weighted by atomic mass is 16.5. The predicted molar refractivity (Wildman–Crippen MR) is 133 cm³/mol. The van der Waals surface area contributed by atoms with Gasteiger partial charge in [-0.15, -0.1) is 0 Å². The number of carbonyl (C=O) groups is 5. The summed E-state index contributed by atoms with van der Waals surface area (Å²) in [5, 5.41) is 2.20. The molecule has 2 aliphatic heterocycles. The van der Waals surface area contributed by atoms with E-state index in [1.54, 1.807) is 18.2 Å². The maximum atomic E-state index is 13.1. The summed E-state index contributed by atoms with van der Waals surface area (Å²) in [6.07, 6.45) is 1.86.